The first-order valence-corrected chi connectivity index (χ1v) is 7.17. The maximum atomic E-state index is 5.72. The quantitative estimate of drug-likeness (QED) is 0.769. The van der Waals surface area contributed by atoms with Crippen molar-refractivity contribution in [3.63, 3.8) is 0 Å². The minimum absolute atomic E-state index is 0.417. The van der Waals surface area contributed by atoms with Crippen molar-refractivity contribution in [1.29, 1.82) is 0 Å². The number of nitrogens with zero attached hydrogens (tertiary/aromatic N) is 3. The van der Waals surface area contributed by atoms with Crippen molar-refractivity contribution >= 4 is 17.4 Å². The molecule has 0 unspecified atom stereocenters. The van der Waals surface area contributed by atoms with Crippen molar-refractivity contribution < 1.29 is 0 Å². The number of hydrogen-bond acceptors (Lipinski definition) is 3. The Bertz CT molecular complexity index is 375. The molecule has 100 valence electrons. The van der Waals surface area contributed by atoms with Crippen LogP contribution >= 0.6 is 11.6 Å². The number of alkyl halides is 1. The minimum atomic E-state index is 0.417. The zero-order chi connectivity index (χ0) is 13.2. The molecule has 18 heavy (non-hydrogen) atoms. The number of anilines is 1. The molecule has 0 aromatic carbocycles. The Hall–Kier alpha value is -0.830. The van der Waals surface area contributed by atoms with Gasteiger partial charge in [0.15, 0.2) is 5.82 Å². The van der Waals surface area contributed by atoms with Crippen LogP contribution in [0.4, 0.5) is 5.82 Å². The van der Waals surface area contributed by atoms with Crippen LogP contribution in [0.15, 0.2) is 12.1 Å². The van der Waals surface area contributed by atoms with Crippen LogP contribution in [-0.4, -0.2) is 23.3 Å². The summed E-state index contributed by atoms with van der Waals surface area (Å²) in [7, 11) is 0. The Morgan fingerprint density at radius 3 is 2.33 bits per heavy atom. The lowest BCUT2D eigenvalue weighted by Gasteiger charge is -2.39. The molecule has 2 heterocycles. The molecule has 1 aliphatic heterocycles. The van der Waals surface area contributed by atoms with Gasteiger partial charge >= 0.3 is 0 Å². The van der Waals surface area contributed by atoms with Crippen LogP contribution in [0.5, 0.6) is 0 Å². The first-order chi connectivity index (χ1) is 8.50. The molecule has 0 atom stereocenters. The van der Waals surface area contributed by atoms with Crippen molar-refractivity contribution in [2.75, 3.05) is 18.0 Å². The summed E-state index contributed by atoms with van der Waals surface area (Å²) in [6.45, 7) is 9.17. The van der Waals surface area contributed by atoms with Gasteiger partial charge in [-0.2, -0.15) is 5.10 Å². The molecule has 2 rings (SSSR count). The Morgan fingerprint density at radius 1 is 1.22 bits per heavy atom. The number of piperidine rings is 1. The maximum absolute atomic E-state index is 5.72. The summed E-state index contributed by atoms with van der Waals surface area (Å²) in [6.07, 6.45) is 2.48. The molecule has 1 aromatic rings. The van der Waals surface area contributed by atoms with Crippen LogP contribution < -0.4 is 4.90 Å². The van der Waals surface area contributed by atoms with E-state index in [0.717, 1.165) is 30.5 Å². The SMILES string of the molecule is CC(C)(C)C1CCN(c2ccc(CCl)nn2)CC1. The van der Waals surface area contributed by atoms with Gasteiger partial charge in [-0.15, -0.1) is 16.7 Å². The van der Waals surface area contributed by atoms with E-state index in [4.69, 9.17) is 11.6 Å². The number of rotatable bonds is 2. The molecule has 0 aliphatic carbocycles. The highest BCUT2D eigenvalue weighted by atomic mass is 35.5. The van der Waals surface area contributed by atoms with Crippen LogP contribution in [-0.2, 0) is 5.88 Å². The van der Waals surface area contributed by atoms with E-state index < -0.39 is 0 Å². The molecule has 0 N–H and O–H groups in total. The third-order valence-electron chi connectivity index (χ3n) is 3.89. The highest BCUT2D eigenvalue weighted by Crippen LogP contribution is 2.35. The Balaban J connectivity index is 1.96. The second kappa shape index (κ2) is 5.43. The van der Waals surface area contributed by atoms with Crippen LogP contribution in [0.3, 0.4) is 0 Å². The van der Waals surface area contributed by atoms with Gasteiger partial charge in [0.1, 0.15) is 0 Å². The van der Waals surface area contributed by atoms with Gasteiger partial charge in [0.2, 0.25) is 0 Å². The summed E-state index contributed by atoms with van der Waals surface area (Å²) in [5, 5.41) is 8.37. The highest BCUT2D eigenvalue weighted by Gasteiger charge is 2.29. The van der Waals surface area contributed by atoms with Crippen LogP contribution in [0.2, 0.25) is 0 Å². The second-order valence-corrected chi connectivity index (χ2v) is 6.41. The Kier molecular flexibility index (Phi) is 4.10. The monoisotopic (exact) mass is 267 g/mol. The highest BCUT2D eigenvalue weighted by molar-refractivity contribution is 6.16. The second-order valence-electron chi connectivity index (χ2n) is 6.14. The smallest absolute Gasteiger partial charge is 0.151 e. The summed E-state index contributed by atoms with van der Waals surface area (Å²) in [5.74, 6) is 2.22. The van der Waals surface area contributed by atoms with Gasteiger partial charge in [0.25, 0.3) is 0 Å². The molecule has 1 aliphatic rings. The van der Waals surface area contributed by atoms with Crippen molar-refractivity contribution in [2.24, 2.45) is 11.3 Å². The minimum Gasteiger partial charge on any atom is -0.355 e. The largest absolute Gasteiger partial charge is 0.355 e. The zero-order valence-corrected chi connectivity index (χ0v) is 12.2. The molecule has 1 saturated heterocycles. The van der Waals surface area contributed by atoms with Gasteiger partial charge < -0.3 is 4.90 Å². The lowest BCUT2D eigenvalue weighted by molar-refractivity contribution is 0.198. The van der Waals surface area contributed by atoms with Gasteiger partial charge in [-0.05, 0) is 36.3 Å². The average Bonchev–Trinajstić information content (AvgIpc) is 2.38. The van der Waals surface area contributed by atoms with Gasteiger partial charge in [0.05, 0.1) is 11.6 Å². The van der Waals surface area contributed by atoms with Crippen LogP contribution in [0.1, 0.15) is 39.3 Å². The van der Waals surface area contributed by atoms with E-state index >= 15 is 0 Å². The van der Waals surface area contributed by atoms with Crippen LogP contribution in [0, 0.1) is 11.3 Å². The summed E-state index contributed by atoms with van der Waals surface area (Å²) >= 11 is 5.72. The molecular formula is C14H22ClN3. The lowest BCUT2D eigenvalue weighted by atomic mass is 9.75. The Labute approximate surface area is 115 Å². The molecule has 0 radical (unpaired) electrons. The van der Waals surface area contributed by atoms with Gasteiger partial charge in [-0.1, -0.05) is 20.8 Å². The van der Waals surface area contributed by atoms with E-state index in [1.165, 1.54) is 12.8 Å². The fourth-order valence-corrected chi connectivity index (χ4v) is 2.71. The van der Waals surface area contributed by atoms with Gasteiger partial charge in [-0.3, -0.25) is 0 Å². The first-order valence-electron chi connectivity index (χ1n) is 6.64. The summed E-state index contributed by atoms with van der Waals surface area (Å²) < 4.78 is 0. The fraction of sp³-hybridized carbons (Fsp3) is 0.714. The third-order valence-corrected chi connectivity index (χ3v) is 4.16. The van der Waals surface area contributed by atoms with Crippen molar-refractivity contribution in [2.45, 2.75) is 39.5 Å². The lowest BCUT2D eigenvalue weighted by Crippen LogP contribution is -2.38. The Morgan fingerprint density at radius 2 is 1.89 bits per heavy atom. The normalized spacial score (nSPS) is 18.1. The van der Waals surface area contributed by atoms with Gasteiger partial charge in [-0.25, -0.2) is 0 Å². The van der Waals surface area contributed by atoms with Crippen molar-refractivity contribution in [3.05, 3.63) is 17.8 Å². The molecular weight excluding hydrogens is 246 g/mol. The number of aromatic nitrogens is 2. The average molecular weight is 268 g/mol. The summed E-state index contributed by atoms with van der Waals surface area (Å²) in [5.41, 5.74) is 1.25. The zero-order valence-electron chi connectivity index (χ0n) is 11.5. The molecule has 0 bridgehead atoms. The molecule has 0 spiro atoms. The molecule has 1 fully saturated rings. The predicted octanol–water partition coefficient (Wildman–Crippen LogP) is 3.48. The van der Waals surface area contributed by atoms with E-state index in [1.807, 2.05) is 12.1 Å². The standard InChI is InChI=1S/C14H22ClN3/c1-14(2,3)11-6-8-18(9-7-11)13-5-4-12(10-15)16-17-13/h4-5,11H,6-10H2,1-3H3. The third kappa shape index (κ3) is 3.14. The van der Waals surface area contributed by atoms with Crippen molar-refractivity contribution in [1.82, 2.24) is 10.2 Å². The topological polar surface area (TPSA) is 29.0 Å². The maximum Gasteiger partial charge on any atom is 0.151 e. The molecule has 1 aromatic heterocycles. The number of halogens is 1. The van der Waals surface area contributed by atoms with Crippen molar-refractivity contribution in [3.8, 4) is 0 Å². The molecule has 0 amide bonds. The molecule has 4 heteroatoms. The van der Waals surface area contributed by atoms with E-state index in [2.05, 4.69) is 35.9 Å². The van der Waals surface area contributed by atoms with E-state index in [1.54, 1.807) is 0 Å². The van der Waals surface area contributed by atoms with Gasteiger partial charge in [0, 0.05) is 13.1 Å². The summed E-state index contributed by atoms with van der Waals surface area (Å²) in [4.78, 5) is 2.33. The molecule has 0 saturated carbocycles. The van der Waals surface area contributed by atoms with Crippen LogP contribution in [0.25, 0.3) is 0 Å². The summed E-state index contributed by atoms with van der Waals surface area (Å²) in [6, 6.07) is 3.99. The van der Waals surface area contributed by atoms with E-state index in [0.29, 0.717) is 11.3 Å². The first kappa shape index (κ1) is 13.6. The van der Waals surface area contributed by atoms with E-state index in [9.17, 15) is 0 Å². The fourth-order valence-electron chi connectivity index (χ4n) is 2.57. The number of hydrogen-bond donors (Lipinski definition) is 0. The van der Waals surface area contributed by atoms with E-state index in [-0.39, 0.29) is 0 Å². The predicted molar refractivity (Wildman–Crippen MR) is 76.0 cm³/mol. The molecule has 3 nitrogen and oxygen atoms in total.